The number of hydrogen-bond acceptors (Lipinski definition) is 3. The number of carbonyl (C=O) groups excluding carboxylic acids is 1. The summed E-state index contributed by atoms with van der Waals surface area (Å²) in [5, 5.41) is 0. The van der Waals surface area contributed by atoms with Crippen LogP contribution in [0.2, 0.25) is 0 Å². The molecule has 0 fully saturated rings. The van der Waals surface area contributed by atoms with E-state index in [1.807, 2.05) is 13.8 Å². The van der Waals surface area contributed by atoms with Crippen molar-refractivity contribution in [2.24, 2.45) is 11.1 Å². The van der Waals surface area contributed by atoms with Gasteiger partial charge in [-0.25, -0.2) is 0 Å². The Balaban J connectivity index is 2.92. The molecule has 15 heavy (non-hydrogen) atoms. The van der Waals surface area contributed by atoms with Gasteiger partial charge in [-0.15, -0.1) is 0 Å². The fraction of sp³-hybridized carbons (Fsp3) is 0.417. The molecule has 0 aromatic heterocycles. The van der Waals surface area contributed by atoms with E-state index in [0.29, 0.717) is 12.1 Å². The van der Waals surface area contributed by atoms with Crippen molar-refractivity contribution in [1.82, 2.24) is 0 Å². The summed E-state index contributed by atoms with van der Waals surface area (Å²) in [6, 6.07) is 7.08. The molecule has 0 saturated heterocycles. The molecular formula is C12H17NO2. The number of benzene rings is 1. The van der Waals surface area contributed by atoms with Crippen LogP contribution in [0.5, 0.6) is 5.75 Å². The van der Waals surface area contributed by atoms with E-state index in [-0.39, 0.29) is 5.78 Å². The molecule has 1 aromatic rings. The van der Waals surface area contributed by atoms with Crippen molar-refractivity contribution in [3.63, 3.8) is 0 Å². The van der Waals surface area contributed by atoms with Gasteiger partial charge in [0, 0.05) is 17.5 Å². The van der Waals surface area contributed by atoms with Crippen LogP contribution in [0.1, 0.15) is 24.2 Å². The Morgan fingerprint density at radius 1 is 1.33 bits per heavy atom. The Morgan fingerprint density at radius 2 is 1.87 bits per heavy atom. The van der Waals surface area contributed by atoms with Gasteiger partial charge in [0.25, 0.3) is 0 Å². The third-order valence-electron chi connectivity index (χ3n) is 2.48. The second-order valence-corrected chi connectivity index (χ2v) is 4.15. The number of hydrogen-bond donors (Lipinski definition) is 1. The molecule has 0 aliphatic heterocycles. The highest BCUT2D eigenvalue weighted by Gasteiger charge is 2.26. The lowest BCUT2D eigenvalue weighted by atomic mass is 9.84. The minimum atomic E-state index is -0.505. The molecule has 0 unspecified atom stereocenters. The van der Waals surface area contributed by atoms with E-state index < -0.39 is 5.41 Å². The van der Waals surface area contributed by atoms with Crippen molar-refractivity contribution in [3.8, 4) is 5.75 Å². The summed E-state index contributed by atoms with van der Waals surface area (Å²) < 4.78 is 5.02. The maximum absolute atomic E-state index is 12.0. The monoisotopic (exact) mass is 207 g/mol. The molecular weight excluding hydrogens is 190 g/mol. The molecule has 1 rings (SSSR count). The Morgan fingerprint density at radius 3 is 2.27 bits per heavy atom. The van der Waals surface area contributed by atoms with Crippen molar-refractivity contribution < 1.29 is 9.53 Å². The van der Waals surface area contributed by atoms with Crippen LogP contribution in [-0.2, 0) is 0 Å². The lowest BCUT2D eigenvalue weighted by Crippen LogP contribution is -2.32. The third-order valence-corrected chi connectivity index (χ3v) is 2.48. The first-order chi connectivity index (χ1) is 7.01. The first-order valence-corrected chi connectivity index (χ1v) is 4.90. The first kappa shape index (κ1) is 11.7. The van der Waals surface area contributed by atoms with Gasteiger partial charge in [0.2, 0.25) is 0 Å². The summed E-state index contributed by atoms with van der Waals surface area (Å²) in [7, 11) is 1.60. The molecule has 82 valence electrons. The summed E-state index contributed by atoms with van der Waals surface area (Å²) in [4.78, 5) is 12.0. The Bertz CT molecular complexity index is 341. The first-order valence-electron chi connectivity index (χ1n) is 4.90. The minimum absolute atomic E-state index is 0.0626. The summed E-state index contributed by atoms with van der Waals surface area (Å²) in [6.07, 6.45) is 0. The molecule has 0 saturated carbocycles. The average molecular weight is 207 g/mol. The molecule has 0 aliphatic rings. The van der Waals surface area contributed by atoms with E-state index in [9.17, 15) is 4.79 Å². The lowest BCUT2D eigenvalue weighted by Gasteiger charge is -2.20. The molecule has 0 radical (unpaired) electrons. The van der Waals surface area contributed by atoms with Crippen LogP contribution in [0, 0.1) is 5.41 Å². The molecule has 0 atom stereocenters. The van der Waals surface area contributed by atoms with Gasteiger partial charge in [0.15, 0.2) is 5.78 Å². The van der Waals surface area contributed by atoms with E-state index in [2.05, 4.69) is 0 Å². The Kier molecular flexibility index (Phi) is 3.48. The molecule has 3 nitrogen and oxygen atoms in total. The highest BCUT2D eigenvalue weighted by molar-refractivity contribution is 6.00. The topological polar surface area (TPSA) is 52.3 Å². The largest absolute Gasteiger partial charge is 0.497 e. The second-order valence-electron chi connectivity index (χ2n) is 4.15. The van der Waals surface area contributed by atoms with Crippen molar-refractivity contribution >= 4 is 5.78 Å². The molecule has 0 spiro atoms. The number of Topliss-reactive ketones (excluding diaryl/α,β-unsaturated/α-hetero) is 1. The Hall–Kier alpha value is -1.35. The quantitative estimate of drug-likeness (QED) is 0.767. The van der Waals surface area contributed by atoms with Gasteiger partial charge in [-0.3, -0.25) is 4.79 Å². The van der Waals surface area contributed by atoms with Gasteiger partial charge in [0.1, 0.15) is 5.75 Å². The SMILES string of the molecule is COc1ccc(C(=O)C(C)(C)CN)cc1. The van der Waals surface area contributed by atoms with Crippen molar-refractivity contribution in [2.75, 3.05) is 13.7 Å². The van der Waals surface area contributed by atoms with Gasteiger partial charge in [-0.2, -0.15) is 0 Å². The van der Waals surface area contributed by atoms with Crippen molar-refractivity contribution in [1.29, 1.82) is 0 Å². The zero-order valence-electron chi connectivity index (χ0n) is 9.41. The zero-order valence-corrected chi connectivity index (χ0v) is 9.41. The van der Waals surface area contributed by atoms with Gasteiger partial charge < -0.3 is 10.5 Å². The number of methoxy groups -OCH3 is 1. The normalized spacial score (nSPS) is 11.2. The van der Waals surface area contributed by atoms with Crippen LogP contribution in [0.15, 0.2) is 24.3 Å². The molecule has 0 heterocycles. The predicted octanol–water partition coefficient (Wildman–Crippen LogP) is 1.86. The number of carbonyl (C=O) groups is 1. The van der Waals surface area contributed by atoms with Crippen molar-refractivity contribution in [3.05, 3.63) is 29.8 Å². The van der Waals surface area contributed by atoms with Crippen LogP contribution < -0.4 is 10.5 Å². The van der Waals surface area contributed by atoms with Gasteiger partial charge in [-0.05, 0) is 24.3 Å². The molecule has 1 aromatic carbocycles. The summed E-state index contributed by atoms with van der Waals surface area (Å²) in [5.74, 6) is 0.810. The zero-order chi connectivity index (χ0) is 11.5. The van der Waals surface area contributed by atoms with Gasteiger partial charge in [-0.1, -0.05) is 13.8 Å². The smallest absolute Gasteiger partial charge is 0.169 e. The fourth-order valence-electron chi connectivity index (χ4n) is 1.23. The summed E-state index contributed by atoms with van der Waals surface area (Å²) in [5.41, 5.74) is 5.72. The highest BCUT2D eigenvalue weighted by atomic mass is 16.5. The molecule has 3 heteroatoms. The third kappa shape index (κ3) is 2.57. The molecule has 2 N–H and O–H groups in total. The van der Waals surface area contributed by atoms with E-state index in [1.54, 1.807) is 31.4 Å². The molecule has 0 bridgehead atoms. The van der Waals surface area contributed by atoms with Crippen LogP contribution in [0.3, 0.4) is 0 Å². The van der Waals surface area contributed by atoms with E-state index in [4.69, 9.17) is 10.5 Å². The second kappa shape index (κ2) is 4.45. The summed E-state index contributed by atoms with van der Waals surface area (Å²) in [6.45, 7) is 4.04. The predicted molar refractivity (Wildman–Crippen MR) is 60.2 cm³/mol. The lowest BCUT2D eigenvalue weighted by molar-refractivity contribution is 0.0847. The number of ether oxygens (including phenoxy) is 1. The molecule has 0 amide bonds. The van der Waals surface area contributed by atoms with Gasteiger partial charge >= 0.3 is 0 Å². The highest BCUT2D eigenvalue weighted by Crippen LogP contribution is 2.21. The van der Waals surface area contributed by atoms with Crippen LogP contribution in [0.25, 0.3) is 0 Å². The van der Waals surface area contributed by atoms with Crippen LogP contribution in [-0.4, -0.2) is 19.4 Å². The summed E-state index contributed by atoms with van der Waals surface area (Å²) >= 11 is 0. The number of rotatable bonds is 4. The van der Waals surface area contributed by atoms with Gasteiger partial charge in [0.05, 0.1) is 7.11 Å². The van der Waals surface area contributed by atoms with Crippen molar-refractivity contribution in [2.45, 2.75) is 13.8 Å². The standard InChI is InChI=1S/C12H17NO2/c1-12(2,8-13)11(14)9-4-6-10(15-3)7-5-9/h4-7H,8,13H2,1-3H3. The number of ketones is 1. The maximum atomic E-state index is 12.0. The van der Waals surface area contributed by atoms with Crippen LogP contribution in [0.4, 0.5) is 0 Å². The van der Waals surface area contributed by atoms with Crippen LogP contribution >= 0.6 is 0 Å². The Labute approximate surface area is 90.2 Å². The minimum Gasteiger partial charge on any atom is -0.497 e. The van der Waals surface area contributed by atoms with E-state index in [1.165, 1.54) is 0 Å². The number of nitrogens with two attached hydrogens (primary N) is 1. The van der Waals surface area contributed by atoms with E-state index >= 15 is 0 Å². The molecule has 0 aliphatic carbocycles. The maximum Gasteiger partial charge on any atom is 0.169 e. The average Bonchev–Trinajstić information content (AvgIpc) is 2.28. The van der Waals surface area contributed by atoms with E-state index in [0.717, 1.165) is 5.75 Å². The fourth-order valence-corrected chi connectivity index (χ4v) is 1.23.